The number of rotatable bonds is 6. The Kier molecular flexibility index (Phi) is 6.68. The van der Waals surface area contributed by atoms with E-state index in [4.69, 9.17) is 4.74 Å². The molecule has 142 valence electrons. The molecule has 0 bridgehead atoms. The molecule has 1 amide bonds. The molecule has 1 atom stereocenters. The summed E-state index contributed by atoms with van der Waals surface area (Å²) in [5, 5.41) is 2.88. The normalized spacial score (nSPS) is 16.4. The fourth-order valence-electron chi connectivity index (χ4n) is 3.07. The minimum Gasteiger partial charge on any atom is -0.379 e. The van der Waals surface area contributed by atoms with Crippen molar-refractivity contribution in [3.8, 4) is 0 Å². The van der Waals surface area contributed by atoms with E-state index in [1.807, 2.05) is 0 Å². The monoisotopic (exact) mass is 372 g/mol. The van der Waals surface area contributed by atoms with Gasteiger partial charge in [-0.15, -0.1) is 0 Å². The van der Waals surface area contributed by atoms with Gasteiger partial charge in [-0.2, -0.15) is 0 Å². The summed E-state index contributed by atoms with van der Waals surface area (Å²) in [7, 11) is 0. The molecule has 0 spiro atoms. The van der Waals surface area contributed by atoms with Crippen LogP contribution < -0.4 is 5.32 Å². The van der Waals surface area contributed by atoms with Crippen LogP contribution in [0, 0.1) is 11.6 Å². The lowest BCUT2D eigenvalue weighted by molar-refractivity contribution is -0.116. The molecule has 1 fully saturated rings. The molecule has 1 aliphatic heterocycles. The van der Waals surface area contributed by atoms with Gasteiger partial charge in [0.05, 0.1) is 19.3 Å². The van der Waals surface area contributed by atoms with E-state index in [-0.39, 0.29) is 23.6 Å². The van der Waals surface area contributed by atoms with Crippen LogP contribution in [-0.4, -0.2) is 43.7 Å². The second-order valence-corrected chi connectivity index (χ2v) is 6.35. The van der Waals surface area contributed by atoms with E-state index >= 15 is 0 Å². The summed E-state index contributed by atoms with van der Waals surface area (Å²) in [5.74, 6) is -0.901. The van der Waals surface area contributed by atoms with E-state index in [1.54, 1.807) is 30.3 Å². The number of morpholine rings is 1. The fourth-order valence-corrected chi connectivity index (χ4v) is 3.07. The molecule has 1 N–H and O–H groups in total. The lowest BCUT2D eigenvalue weighted by Crippen LogP contribution is -2.43. The van der Waals surface area contributed by atoms with Crippen molar-refractivity contribution >= 4 is 12.0 Å². The van der Waals surface area contributed by atoms with Gasteiger partial charge in [0.15, 0.2) is 0 Å². The minimum atomic E-state index is -0.346. The number of nitrogens with zero attached hydrogens (tertiary/aromatic N) is 1. The number of amides is 1. The predicted molar refractivity (Wildman–Crippen MR) is 100.0 cm³/mol. The van der Waals surface area contributed by atoms with Crippen LogP contribution in [0.4, 0.5) is 8.78 Å². The molecule has 2 aromatic rings. The Hall–Kier alpha value is -2.57. The highest BCUT2D eigenvalue weighted by molar-refractivity contribution is 5.91. The van der Waals surface area contributed by atoms with Crippen LogP contribution in [0.1, 0.15) is 17.2 Å². The van der Waals surface area contributed by atoms with Crippen LogP contribution >= 0.6 is 0 Å². The largest absolute Gasteiger partial charge is 0.379 e. The maximum Gasteiger partial charge on any atom is 0.244 e. The first kappa shape index (κ1) is 19.2. The standard InChI is InChI=1S/C21H22F2N2O2/c22-18-7-5-17(6-8-18)20(25-10-12-27-13-11-25)15-24-21(26)9-4-16-2-1-3-19(23)14-16/h1-9,14,20H,10-13,15H2,(H,24,26)/b9-4+. The molecule has 2 aromatic carbocycles. The Bertz CT molecular complexity index is 787. The first-order chi connectivity index (χ1) is 13.1. The van der Waals surface area contributed by atoms with E-state index in [2.05, 4.69) is 10.2 Å². The molecular formula is C21H22F2N2O2. The van der Waals surface area contributed by atoms with Gasteiger partial charge in [-0.1, -0.05) is 24.3 Å². The number of benzene rings is 2. The molecule has 4 nitrogen and oxygen atoms in total. The molecular weight excluding hydrogens is 350 g/mol. The van der Waals surface area contributed by atoms with Crippen molar-refractivity contribution in [2.45, 2.75) is 6.04 Å². The van der Waals surface area contributed by atoms with Crippen LogP contribution in [0.3, 0.4) is 0 Å². The smallest absolute Gasteiger partial charge is 0.244 e. The van der Waals surface area contributed by atoms with Crippen LogP contribution in [0.2, 0.25) is 0 Å². The summed E-state index contributed by atoms with van der Waals surface area (Å²) in [6.45, 7) is 3.14. The van der Waals surface area contributed by atoms with Gasteiger partial charge >= 0.3 is 0 Å². The number of carbonyl (C=O) groups is 1. The third kappa shape index (κ3) is 5.70. The highest BCUT2D eigenvalue weighted by Gasteiger charge is 2.23. The summed E-state index contributed by atoms with van der Waals surface area (Å²) >= 11 is 0. The minimum absolute atomic E-state index is 0.0685. The third-order valence-corrected chi connectivity index (χ3v) is 4.49. The number of nitrogens with one attached hydrogen (secondary N) is 1. The van der Waals surface area contributed by atoms with Gasteiger partial charge < -0.3 is 10.1 Å². The molecule has 1 heterocycles. The van der Waals surface area contributed by atoms with E-state index in [1.165, 1.54) is 30.3 Å². The maximum atomic E-state index is 13.3. The zero-order chi connectivity index (χ0) is 19.1. The Balaban J connectivity index is 1.64. The van der Waals surface area contributed by atoms with E-state index < -0.39 is 0 Å². The number of hydrogen-bond donors (Lipinski definition) is 1. The average Bonchev–Trinajstić information content (AvgIpc) is 2.69. The van der Waals surface area contributed by atoms with Gasteiger partial charge in [0.1, 0.15) is 11.6 Å². The van der Waals surface area contributed by atoms with Crippen molar-refractivity contribution < 1.29 is 18.3 Å². The van der Waals surface area contributed by atoms with Gasteiger partial charge in [0, 0.05) is 25.7 Å². The molecule has 3 rings (SSSR count). The highest BCUT2D eigenvalue weighted by atomic mass is 19.1. The Morgan fingerprint density at radius 2 is 1.85 bits per heavy atom. The van der Waals surface area contributed by atoms with Crippen molar-refractivity contribution in [2.24, 2.45) is 0 Å². The molecule has 0 aliphatic carbocycles. The van der Waals surface area contributed by atoms with E-state index in [9.17, 15) is 13.6 Å². The van der Waals surface area contributed by atoms with Crippen LogP contribution in [0.25, 0.3) is 6.08 Å². The Morgan fingerprint density at radius 3 is 2.56 bits per heavy atom. The average molecular weight is 372 g/mol. The van der Waals surface area contributed by atoms with Gasteiger partial charge in [-0.25, -0.2) is 8.78 Å². The summed E-state index contributed by atoms with van der Waals surface area (Å²) in [6.07, 6.45) is 2.95. The summed E-state index contributed by atoms with van der Waals surface area (Å²) in [5.41, 5.74) is 1.56. The lowest BCUT2D eigenvalue weighted by Gasteiger charge is -2.34. The zero-order valence-electron chi connectivity index (χ0n) is 14.9. The Labute approximate surface area is 157 Å². The van der Waals surface area contributed by atoms with Crippen LogP contribution in [0.15, 0.2) is 54.6 Å². The number of ether oxygens (including phenoxy) is 1. The first-order valence-corrected chi connectivity index (χ1v) is 8.90. The molecule has 0 saturated carbocycles. The number of hydrogen-bond acceptors (Lipinski definition) is 3. The first-order valence-electron chi connectivity index (χ1n) is 8.90. The van der Waals surface area contributed by atoms with E-state index in [0.29, 0.717) is 25.3 Å². The second kappa shape index (κ2) is 9.39. The van der Waals surface area contributed by atoms with Crippen molar-refractivity contribution in [1.29, 1.82) is 0 Å². The molecule has 1 unspecified atom stereocenters. The van der Waals surface area contributed by atoms with Crippen LogP contribution in [0.5, 0.6) is 0 Å². The predicted octanol–water partition coefficient (Wildman–Crippen LogP) is 3.17. The maximum absolute atomic E-state index is 13.3. The summed E-state index contributed by atoms with van der Waals surface area (Å²) < 4.78 is 31.8. The molecule has 1 aliphatic rings. The van der Waals surface area contributed by atoms with Gasteiger partial charge in [0.2, 0.25) is 5.91 Å². The van der Waals surface area contributed by atoms with E-state index in [0.717, 1.165) is 18.7 Å². The summed E-state index contributed by atoms with van der Waals surface area (Å²) in [4.78, 5) is 14.4. The van der Waals surface area contributed by atoms with Crippen LogP contribution in [-0.2, 0) is 9.53 Å². The van der Waals surface area contributed by atoms with Gasteiger partial charge in [0.25, 0.3) is 0 Å². The highest BCUT2D eigenvalue weighted by Crippen LogP contribution is 2.21. The molecule has 27 heavy (non-hydrogen) atoms. The Morgan fingerprint density at radius 1 is 1.11 bits per heavy atom. The molecule has 0 aromatic heterocycles. The number of halogens is 2. The third-order valence-electron chi connectivity index (χ3n) is 4.49. The van der Waals surface area contributed by atoms with Gasteiger partial charge in [-0.3, -0.25) is 9.69 Å². The van der Waals surface area contributed by atoms with Crippen molar-refractivity contribution in [3.63, 3.8) is 0 Å². The van der Waals surface area contributed by atoms with Crippen molar-refractivity contribution in [2.75, 3.05) is 32.8 Å². The second-order valence-electron chi connectivity index (χ2n) is 6.35. The number of carbonyl (C=O) groups excluding carboxylic acids is 1. The fraction of sp³-hybridized carbons (Fsp3) is 0.286. The summed E-state index contributed by atoms with van der Waals surface area (Å²) in [6, 6.07) is 12.3. The van der Waals surface area contributed by atoms with Gasteiger partial charge in [-0.05, 0) is 41.5 Å². The zero-order valence-corrected chi connectivity index (χ0v) is 14.9. The lowest BCUT2D eigenvalue weighted by atomic mass is 10.0. The SMILES string of the molecule is O=C(/C=C/c1cccc(F)c1)NCC(c1ccc(F)cc1)N1CCOCC1. The van der Waals surface area contributed by atoms with Crippen molar-refractivity contribution in [3.05, 3.63) is 77.4 Å². The topological polar surface area (TPSA) is 41.6 Å². The molecule has 6 heteroatoms. The molecule has 0 radical (unpaired) electrons. The quantitative estimate of drug-likeness (QED) is 0.792. The molecule has 1 saturated heterocycles. The van der Waals surface area contributed by atoms with Crippen molar-refractivity contribution in [1.82, 2.24) is 10.2 Å².